The zero-order valence-corrected chi connectivity index (χ0v) is 20.3. The molecule has 186 valence electrons. The maximum Gasteiger partial charge on any atom is 0.408 e. The van der Waals surface area contributed by atoms with Crippen molar-refractivity contribution in [1.29, 1.82) is 0 Å². The Kier molecular flexibility index (Phi) is 7.60. The van der Waals surface area contributed by atoms with Crippen LogP contribution in [0.5, 0.6) is 0 Å². The summed E-state index contributed by atoms with van der Waals surface area (Å²) in [5.74, 6) is -0.596. The van der Waals surface area contributed by atoms with Gasteiger partial charge in [-0.05, 0) is 45.6 Å². The van der Waals surface area contributed by atoms with Crippen molar-refractivity contribution in [1.82, 2.24) is 24.8 Å². The second kappa shape index (κ2) is 10.8. The highest BCUT2D eigenvalue weighted by atomic mass is 16.6. The van der Waals surface area contributed by atoms with Crippen LogP contribution in [0, 0.1) is 0 Å². The van der Waals surface area contributed by atoms with E-state index in [9.17, 15) is 9.59 Å². The van der Waals surface area contributed by atoms with Crippen LogP contribution in [-0.2, 0) is 32.0 Å². The Bertz CT molecular complexity index is 1150. The lowest BCUT2D eigenvalue weighted by molar-refractivity contribution is -0.147. The molecule has 35 heavy (non-hydrogen) atoms. The number of benzene rings is 1. The highest BCUT2D eigenvalue weighted by Gasteiger charge is 2.28. The van der Waals surface area contributed by atoms with Crippen LogP contribution in [0.1, 0.15) is 57.5 Å². The third-order valence-electron chi connectivity index (χ3n) is 5.50. The van der Waals surface area contributed by atoms with Crippen LogP contribution in [0.4, 0.5) is 4.79 Å². The van der Waals surface area contributed by atoms with E-state index >= 15 is 0 Å². The molecule has 0 bridgehead atoms. The van der Waals surface area contributed by atoms with Crippen molar-refractivity contribution >= 4 is 23.2 Å². The van der Waals surface area contributed by atoms with Gasteiger partial charge in [-0.25, -0.2) is 24.5 Å². The average molecular weight is 482 g/mol. The van der Waals surface area contributed by atoms with E-state index < -0.39 is 23.7 Å². The van der Waals surface area contributed by atoms with Crippen molar-refractivity contribution in [2.75, 3.05) is 6.61 Å². The number of aromatic nitrogens is 4. The Morgan fingerprint density at radius 2 is 1.97 bits per heavy atom. The molecule has 1 aliphatic heterocycles. The minimum Gasteiger partial charge on any atom is -0.459 e. The summed E-state index contributed by atoms with van der Waals surface area (Å²) in [6, 6.07) is 8.31. The van der Waals surface area contributed by atoms with Crippen LogP contribution in [0.2, 0.25) is 0 Å². The van der Waals surface area contributed by atoms with Gasteiger partial charge in [0.2, 0.25) is 0 Å². The number of nitrogens with one attached hydrogen (secondary N) is 1. The van der Waals surface area contributed by atoms with Gasteiger partial charge in [0.05, 0.1) is 12.0 Å². The standard InChI is InChI=1S/C25H31N5O5/c1-25(2,3)35-24(32)29-19(23(31)34-14-17-9-5-4-6-10-17)13-18-21-22(27-15-26-18)30(16-28-21)20-11-7-8-12-33-20/h4-6,9-10,15-16,19-20H,7-8,11-14H2,1-3H3,(H,29,32). The summed E-state index contributed by atoms with van der Waals surface area (Å²) in [5, 5.41) is 2.64. The molecule has 2 unspecified atom stereocenters. The molecule has 2 aromatic heterocycles. The van der Waals surface area contributed by atoms with Gasteiger partial charge in [0.25, 0.3) is 0 Å². The molecule has 10 nitrogen and oxygen atoms in total. The third-order valence-corrected chi connectivity index (χ3v) is 5.50. The van der Waals surface area contributed by atoms with E-state index in [4.69, 9.17) is 14.2 Å². The molecule has 2 atom stereocenters. The lowest BCUT2D eigenvalue weighted by Crippen LogP contribution is -2.45. The molecule has 0 saturated carbocycles. The van der Waals surface area contributed by atoms with Crippen LogP contribution in [-0.4, -0.2) is 49.8 Å². The highest BCUT2D eigenvalue weighted by molar-refractivity contribution is 5.83. The molecule has 0 spiro atoms. The van der Waals surface area contributed by atoms with E-state index in [0.717, 1.165) is 24.8 Å². The molecule has 1 fully saturated rings. The first-order valence-electron chi connectivity index (χ1n) is 11.8. The van der Waals surface area contributed by atoms with E-state index in [1.54, 1.807) is 27.1 Å². The van der Waals surface area contributed by atoms with Gasteiger partial charge in [-0.15, -0.1) is 0 Å². The van der Waals surface area contributed by atoms with Gasteiger partial charge < -0.3 is 19.5 Å². The number of hydrogen-bond acceptors (Lipinski definition) is 8. The maximum absolute atomic E-state index is 13.0. The number of nitrogens with zero attached hydrogens (tertiary/aromatic N) is 4. The van der Waals surface area contributed by atoms with Crippen LogP contribution in [0.15, 0.2) is 43.0 Å². The van der Waals surface area contributed by atoms with Gasteiger partial charge >= 0.3 is 12.1 Å². The van der Waals surface area contributed by atoms with E-state index in [1.165, 1.54) is 6.33 Å². The number of rotatable bonds is 7. The fraction of sp³-hybridized carbons (Fsp3) is 0.480. The number of carbonyl (C=O) groups is 2. The largest absolute Gasteiger partial charge is 0.459 e. The normalized spacial score (nSPS) is 17.1. The summed E-state index contributed by atoms with van der Waals surface area (Å²) in [6.45, 7) is 6.03. The summed E-state index contributed by atoms with van der Waals surface area (Å²) >= 11 is 0. The Labute approximate surface area is 204 Å². The molecule has 1 saturated heterocycles. The summed E-state index contributed by atoms with van der Waals surface area (Å²) in [5.41, 5.74) is 1.81. The lowest BCUT2D eigenvalue weighted by atomic mass is 10.1. The number of alkyl carbamates (subject to hydrolysis) is 1. The second-order valence-electron chi connectivity index (χ2n) is 9.46. The quantitative estimate of drug-likeness (QED) is 0.508. The Hall–Kier alpha value is -3.53. The molecule has 0 aliphatic carbocycles. The Morgan fingerprint density at radius 3 is 2.69 bits per heavy atom. The number of fused-ring (bicyclic) bond motifs is 1. The first-order valence-corrected chi connectivity index (χ1v) is 11.8. The van der Waals surface area contributed by atoms with Gasteiger partial charge in [0.1, 0.15) is 36.3 Å². The molecular weight excluding hydrogens is 450 g/mol. The molecule has 1 aliphatic rings. The molecule has 10 heteroatoms. The predicted molar refractivity (Wildman–Crippen MR) is 127 cm³/mol. The molecule has 1 N–H and O–H groups in total. The van der Waals surface area contributed by atoms with E-state index in [0.29, 0.717) is 23.5 Å². The minimum atomic E-state index is -1.03. The summed E-state index contributed by atoms with van der Waals surface area (Å²) in [4.78, 5) is 38.8. The smallest absolute Gasteiger partial charge is 0.408 e. The van der Waals surface area contributed by atoms with E-state index in [1.807, 2.05) is 34.9 Å². The van der Waals surface area contributed by atoms with Gasteiger partial charge in [-0.3, -0.25) is 4.57 Å². The summed E-state index contributed by atoms with van der Waals surface area (Å²) < 4.78 is 18.6. The van der Waals surface area contributed by atoms with Crippen LogP contribution in [0.25, 0.3) is 11.2 Å². The number of amides is 1. The highest BCUT2D eigenvalue weighted by Crippen LogP contribution is 2.26. The van der Waals surface area contributed by atoms with E-state index in [-0.39, 0.29) is 19.3 Å². The molecular formula is C25H31N5O5. The van der Waals surface area contributed by atoms with E-state index in [2.05, 4.69) is 20.3 Å². The lowest BCUT2D eigenvalue weighted by Gasteiger charge is -2.24. The number of esters is 1. The average Bonchev–Trinajstić information content (AvgIpc) is 3.27. The fourth-order valence-electron chi connectivity index (χ4n) is 3.87. The number of hydrogen-bond donors (Lipinski definition) is 1. The van der Waals surface area contributed by atoms with Crippen molar-refractivity contribution in [3.05, 3.63) is 54.2 Å². The van der Waals surface area contributed by atoms with Gasteiger partial charge in [0.15, 0.2) is 5.65 Å². The van der Waals surface area contributed by atoms with Crippen molar-refractivity contribution in [3.63, 3.8) is 0 Å². The molecule has 0 radical (unpaired) electrons. The van der Waals surface area contributed by atoms with Crippen molar-refractivity contribution in [2.24, 2.45) is 0 Å². The fourth-order valence-corrected chi connectivity index (χ4v) is 3.87. The summed E-state index contributed by atoms with van der Waals surface area (Å²) in [6.07, 6.45) is 5.30. The Morgan fingerprint density at radius 1 is 1.17 bits per heavy atom. The van der Waals surface area contributed by atoms with Crippen molar-refractivity contribution in [2.45, 2.75) is 70.9 Å². The molecule has 1 aromatic carbocycles. The van der Waals surface area contributed by atoms with Crippen LogP contribution in [0.3, 0.4) is 0 Å². The van der Waals surface area contributed by atoms with Crippen LogP contribution >= 0.6 is 0 Å². The number of imidazole rings is 1. The monoisotopic (exact) mass is 481 g/mol. The van der Waals surface area contributed by atoms with Crippen molar-refractivity contribution < 1.29 is 23.8 Å². The molecule has 4 rings (SSSR count). The van der Waals surface area contributed by atoms with Gasteiger partial charge in [-0.2, -0.15) is 0 Å². The number of carbonyl (C=O) groups excluding carboxylic acids is 2. The molecule has 1 amide bonds. The minimum absolute atomic E-state index is 0.0639. The van der Waals surface area contributed by atoms with Crippen molar-refractivity contribution in [3.8, 4) is 0 Å². The van der Waals surface area contributed by atoms with Gasteiger partial charge in [0, 0.05) is 13.0 Å². The topological polar surface area (TPSA) is 117 Å². The SMILES string of the molecule is CC(C)(C)OC(=O)NC(Cc1ncnc2c1ncn2C1CCCCO1)C(=O)OCc1ccccc1. The number of ether oxygens (including phenoxy) is 3. The zero-order chi connectivity index (χ0) is 24.8. The van der Waals surface area contributed by atoms with Crippen LogP contribution < -0.4 is 5.32 Å². The maximum atomic E-state index is 13.0. The first kappa shape index (κ1) is 24.6. The molecule has 3 heterocycles. The van der Waals surface area contributed by atoms with Gasteiger partial charge in [-0.1, -0.05) is 30.3 Å². The molecule has 3 aromatic rings. The zero-order valence-electron chi connectivity index (χ0n) is 20.3. The first-order chi connectivity index (χ1) is 16.8. The predicted octanol–water partition coefficient (Wildman–Crippen LogP) is 3.70. The second-order valence-corrected chi connectivity index (χ2v) is 9.46. The third kappa shape index (κ3) is 6.54. The summed E-state index contributed by atoms with van der Waals surface area (Å²) in [7, 11) is 0. The Balaban J connectivity index is 1.55.